The number of benzene rings is 2. The summed E-state index contributed by atoms with van der Waals surface area (Å²) in [4.78, 5) is 12.5. The van der Waals surface area contributed by atoms with E-state index in [2.05, 4.69) is 18.2 Å². The molecule has 2 aromatic heterocycles. The lowest BCUT2D eigenvalue weighted by atomic mass is 9.94. The lowest BCUT2D eigenvalue weighted by molar-refractivity contribution is 0.537. The van der Waals surface area contributed by atoms with Crippen LogP contribution in [0.5, 0.6) is 0 Å². The molecule has 0 unspecified atom stereocenters. The van der Waals surface area contributed by atoms with Crippen LogP contribution >= 0.6 is 0 Å². The smallest absolute Gasteiger partial charge is 0.339 e. The van der Waals surface area contributed by atoms with Crippen LogP contribution in [0.2, 0.25) is 0 Å². The highest BCUT2D eigenvalue weighted by molar-refractivity contribution is 6.05. The molecule has 3 heteroatoms. The van der Waals surface area contributed by atoms with Gasteiger partial charge in [0.1, 0.15) is 16.9 Å². The fourth-order valence-corrected chi connectivity index (χ4v) is 3.98. The first-order valence-corrected chi connectivity index (χ1v) is 8.95. The molecular formula is C23H22O3. The zero-order valence-electron chi connectivity index (χ0n) is 15.8. The molecule has 0 bridgehead atoms. The summed E-state index contributed by atoms with van der Waals surface area (Å²) in [6, 6.07) is 12.4. The number of furan rings is 1. The van der Waals surface area contributed by atoms with Gasteiger partial charge in [-0.25, -0.2) is 4.79 Å². The summed E-state index contributed by atoms with van der Waals surface area (Å²) in [5, 5.41) is 2.04. The Kier molecular flexibility index (Phi) is 3.76. The molecule has 2 aromatic carbocycles. The van der Waals surface area contributed by atoms with Gasteiger partial charge in [0.2, 0.25) is 0 Å². The van der Waals surface area contributed by atoms with Crippen LogP contribution in [0.15, 0.2) is 50.0 Å². The second-order valence-electron chi connectivity index (χ2n) is 7.24. The van der Waals surface area contributed by atoms with Gasteiger partial charge < -0.3 is 8.83 Å². The molecule has 0 saturated carbocycles. The molecule has 0 atom stereocenters. The molecule has 2 heterocycles. The Morgan fingerprint density at radius 1 is 0.846 bits per heavy atom. The van der Waals surface area contributed by atoms with Crippen LogP contribution in [-0.2, 0) is 0 Å². The number of hydrogen-bond donors (Lipinski definition) is 0. The number of hydrogen-bond acceptors (Lipinski definition) is 3. The first-order valence-electron chi connectivity index (χ1n) is 8.95. The van der Waals surface area contributed by atoms with Gasteiger partial charge in [-0.15, -0.1) is 0 Å². The summed E-state index contributed by atoms with van der Waals surface area (Å²) >= 11 is 0. The molecule has 4 rings (SSSR count). The third-order valence-corrected chi connectivity index (χ3v) is 5.20. The van der Waals surface area contributed by atoms with E-state index in [0.29, 0.717) is 5.58 Å². The molecule has 26 heavy (non-hydrogen) atoms. The van der Waals surface area contributed by atoms with Crippen molar-refractivity contribution in [2.45, 2.75) is 40.5 Å². The van der Waals surface area contributed by atoms with E-state index >= 15 is 0 Å². The van der Waals surface area contributed by atoms with E-state index in [4.69, 9.17) is 8.83 Å². The minimum Gasteiger partial charge on any atom is -0.460 e. The summed E-state index contributed by atoms with van der Waals surface area (Å²) in [6.07, 6.45) is 0. The monoisotopic (exact) mass is 346 g/mol. The maximum atomic E-state index is 12.5. The molecular weight excluding hydrogens is 324 g/mol. The summed E-state index contributed by atoms with van der Waals surface area (Å²) in [7, 11) is 0. The number of aryl methyl sites for hydroxylation is 3. The second-order valence-corrected chi connectivity index (χ2v) is 7.24. The van der Waals surface area contributed by atoms with Crippen molar-refractivity contribution in [3.05, 3.63) is 69.3 Å². The first-order chi connectivity index (χ1) is 12.4. The van der Waals surface area contributed by atoms with Gasteiger partial charge in [-0.1, -0.05) is 44.2 Å². The van der Waals surface area contributed by atoms with Gasteiger partial charge in [0.05, 0.1) is 0 Å². The quantitative estimate of drug-likeness (QED) is 0.403. The largest absolute Gasteiger partial charge is 0.460 e. The van der Waals surface area contributed by atoms with Gasteiger partial charge in [-0.3, -0.25) is 0 Å². The van der Waals surface area contributed by atoms with Gasteiger partial charge in [0, 0.05) is 27.5 Å². The normalized spacial score (nSPS) is 11.8. The highest BCUT2D eigenvalue weighted by Crippen LogP contribution is 2.40. The predicted molar refractivity (Wildman–Crippen MR) is 106 cm³/mol. The molecule has 0 aliphatic rings. The van der Waals surface area contributed by atoms with E-state index in [-0.39, 0.29) is 11.5 Å². The first kappa shape index (κ1) is 16.6. The maximum Gasteiger partial charge on any atom is 0.339 e. The van der Waals surface area contributed by atoms with Gasteiger partial charge in [0.25, 0.3) is 0 Å². The van der Waals surface area contributed by atoms with Gasteiger partial charge in [-0.05, 0) is 43.9 Å². The highest BCUT2D eigenvalue weighted by atomic mass is 16.4. The molecule has 3 nitrogen and oxygen atoms in total. The fourth-order valence-electron chi connectivity index (χ4n) is 3.98. The molecule has 132 valence electrons. The lowest BCUT2D eigenvalue weighted by Gasteiger charge is -2.12. The summed E-state index contributed by atoms with van der Waals surface area (Å²) < 4.78 is 11.8. The standard InChI is InChI=1S/C23H22O3/c1-12(2)19-13(3)17-11-18-20(16-9-7-6-8-10-16)15(5)25-22(18)14(4)21(17)26-23(19)24/h6-12H,1-5H3. The van der Waals surface area contributed by atoms with E-state index < -0.39 is 0 Å². The van der Waals surface area contributed by atoms with Crippen molar-refractivity contribution in [2.24, 2.45) is 0 Å². The van der Waals surface area contributed by atoms with Crippen molar-refractivity contribution in [3.63, 3.8) is 0 Å². The molecule has 0 N–H and O–H groups in total. The number of rotatable bonds is 2. The number of fused-ring (bicyclic) bond motifs is 2. The zero-order valence-corrected chi connectivity index (χ0v) is 15.8. The third-order valence-electron chi connectivity index (χ3n) is 5.20. The predicted octanol–water partition coefficient (Wildman–Crippen LogP) is 6.25. The minimum absolute atomic E-state index is 0.117. The van der Waals surface area contributed by atoms with Crippen molar-refractivity contribution >= 4 is 21.9 Å². The SMILES string of the molecule is Cc1oc2c(C)c3oc(=O)c(C(C)C)c(C)c3cc2c1-c1ccccc1. The Labute approximate surface area is 152 Å². The molecule has 0 aliphatic heterocycles. The molecule has 4 aromatic rings. The second kappa shape index (κ2) is 5.87. The van der Waals surface area contributed by atoms with Crippen LogP contribution < -0.4 is 5.63 Å². The van der Waals surface area contributed by atoms with Gasteiger partial charge in [-0.2, -0.15) is 0 Å². The van der Waals surface area contributed by atoms with Crippen LogP contribution in [-0.4, -0.2) is 0 Å². The Bertz CT molecular complexity index is 1190. The van der Waals surface area contributed by atoms with E-state index in [1.54, 1.807) is 0 Å². The van der Waals surface area contributed by atoms with E-state index in [1.807, 2.05) is 52.8 Å². The third kappa shape index (κ3) is 2.31. The van der Waals surface area contributed by atoms with Crippen molar-refractivity contribution in [1.29, 1.82) is 0 Å². The van der Waals surface area contributed by atoms with Crippen LogP contribution in [0, 0.1) is 20.8 Å². The van der Waals surface area contributed by atoms with Gasteiger partial charge in [0.15, 0.2) is 0 Å². The maximum absolute atomic E-state index is 12.5. The highest BCUT2D eigenvalue weighted by Gasteiger charge is 2.21. The topological polar surface area (TPSA) is 43.4 Å². The molecule has 0 saturated heterocycles. The summed E-state index contributed by atoms with van der Waals surface area (Å²) in [5.74, 6) is 0.986. The van der Waals surface area contributed by atoms with E-state index in [9.17, 15) is 4.79 Å². The van der Waals surface area contributed by atoms with Gasteiger partial charge >= 0.3 is 5.63 Å². The van der Waals surface area contributed by atoms with Crippen LogP contribution in [0.3, 0.4) is 0 Å². The van der Waals surface area contributed by atoms with Crippen molar-refractivity contribution < 1.29 is 8.83 Å². The van der Waals surface area contributed by atoms with Crippen LogP contribution in [0.4, 0.5) is 0 Å². The Balaban J connectivity index is 2.18. The van der Waals surface area contributed by atoms with E-state index in [1.165, 1.54) is 0 Å². The van der Waals surface area contributed by atoms with Crippen molar-refractivity contribution in [2.75, 3.05) is 0 Å². The lowest BCUT2D eigenvalue weighted by Crippen LogP contribution is -2.12. The molecule has 0 amide bonds. The van der Waals surface area contributed by atoms with Crippen LogP contribution in [0.1, 0.15) is 42.2 Å². The average molecular weight is 346 g/mol. The molecule has 0 spiro atoms. The Morgan fingerprint density at radius 2 is 1.50 bits per heavy atom. The van der Waals surface area contributed by atoms with Crippen molar-refractivity contribution in [3.8, 4) is 11.1 Å². The minimum atomic E-state index is -0.251. The average Bonchev–Trinajstić information content (AvgIpc) is 2.93. The zero-order chi connectivity index (χ0) is 18.6. The Hall–Kier alpha value is -2.81. The Morgan fingerprint density at radius 3 is 2.15 bits per heavy atom. The summed E-state index contributed by atoms with van der Waals surface area (Å²) in [6.45, 7) is 9.99. The molecule has 0 radical (unpaired) electrons. The fraction of sp³-hybridized carbons (Fsp3) is 0.261. The van der Waals surface area contributed by atoms with E-state index in [0.717, 1.165) is 49.9 Å². The molecule has 0 aliphatic carbocycles. The summed E-state index contributed by atoms with van der Waals surface area (Å²) in [5.41, 5.74) is 6.00. The van der Waals surface area contributed by atoms with Crippen LogP contribution in [0.25, 0.3) is 33.1 Å². The molecule has 0 fully saturated rings. The van der Waals surface area contributed by atoms with Crippen molar-refractivity contribution in [1.82, 2.24) is 0 Å².